The second-order valence-corrected chi connectivity index (χ2v) is 7.65. The summed E-state index contributed by atoms with van der Waals surface area (Å²) in [5.74, 6) is -0.695. The van der Waals surface area contributed by atoms with E-state index in [2.05, 4.69) is 17.5 Å². The zero-order valence-electron chi connectivity index (χ0n) is 16.4. The average Bonchev–Trinajstić information content (AvgIpc) is 3.06. The minimum atomic E-state index is -0.326. The summed E-state index contributed by atoms with van der Waals surface area (Å²) in [7, 11) is 2.15. The SMILES string of the molecule is C[NH+]1CCN(NC(=O)CCc2c(-c3ccc(F)cc3)[nH]c3ccc(F)cc23)CC1. The fourth-order valence-corrected chi connectivity index (χ4v) is 3.81. The molecule has 0 bridgehead atoms. The third kappa shape index (κ3) is 4.46. The first-order valence-corrected chi connectivity index (χ1v) is 9.91. The Morgan fingerprint density at radius 3 is 2.52 bits per heavy atom. The molecule has 1 saturated heterocycles. The van der Waals surface area contributed by atoms with E-state index in [1.165, 1.54) is 29.2 Å². The van der Waals surface area contributed by atoms with Crippen LogP contribution in [0.1, 0.15) is 12.0 Å². The van der Waals surface area contributed by atoms with Crippen LogP contribution >= 0.6 is 0 Å². The molecule has 2 aromatic carbocycles. The fraction of sp³-hybridized carbons (Fsp3) is 0.318. The van der Waals surface area contributed by atoms with Crippen LogP contribution in [0.15, 0.2) is 42.5 Å². The van der Waals surface area contributed by atoms with Gasteiger partial charge in [-0.2, -0.15) is 0 Å². The summed E-state index contributed by atoms with van der Waals surface area (Å²) in [5, 5.41) is 2.71. The molecule has 0 atom stereocenters. The predicted molar refractivity (Wildman–Crippen MR) is 108 cm³/mol. The zero-order valence-corrected chi connectivity index (χ0v) is 16.4. The quantitative estimate of drug-likeness (QED) is 0.614. The van der Waals surface area contributed by atoms with Crippen molar-refractivity contribution in [2.24, 2.45) is 0 Å². The molecule has 3 aromatic rings. The third-order valence-electron chi connectivity index (χ3n) is 5.50. The topological polar surface area (TPSA) is 52.6 Å². The van der Waals surface area contributed by atoms with Gasteiger partial charge in [-0.1, -0.05) is 0 Å². The smallest absolute Gasteiger partial charge is 0.234 e. The van der Waals surface area contributed by atoms with Gasteiger partial charge in [0.1, 0.15) is 11.6 Å². The van der Waals surface area contributed by atoms with Crippen molar-refractivity contribution in [1.82, 2.24) is 15.4 Å². The first-order valence-electron chi connectivity index (χ1n) is 9.91. The molecule has 29 heavy (non-hydrogen) atoms. The number of quaternary nitrogens is 1. The number of rotatable bonds is 5. The number of H-pyrrole nitrogens is 1. The molecule has 1 amide bonds. The van der Waals surface area contributed by atoms with E-state index in [4.69, 9.17) is 0 Å². The van der Waals surface area contributed by atoms with Gasteiger partial charge in [-0.15, -0.1) is 0 Å². The number of amides is 1. The van der Waals surface area contributed by atoms with Crippen molar-refractivity contribution < 1.29 is 18.5 Å². The molecule has 0 unspecified atom stereocenters. The number of hydrogen-bond acceptors (Lipinski definition) is 2. The highest BCUT2D eigenvalue weighted by atomic mass is 19.1. The van der Waals surface area contributed by atoms with Crippen LogP contribution in [0, 0.1) is 11.6 Å². The van der Waals surface area contributed by atoms with Crippen LogP contribution in [0.4, 0.5) is 8.78 Å². The summed E-state index contributed by atoms with van der Waals surface area (Å²) in [6.45, 7) is 3.65. The number of fused-ring (bicyclic) bond motifs is 1. The number of aromatic nitrogens is 1. The number of aromatic amines is 1. The summed E-state index contributed by atoms with van der Waals surface area (Å²) in [5.41, 5.74) is 6.23. The minimum Gasteiger partial charge on any atom is -0.354 e. The highest BCUT2D eigenvalue weighted by Gasteiger charge is 2.19. The van der Waals surface area contributed by atoms with Crippen LogP contribution in [0.3, 0.4) is 0 Å². The van der Waals surface area contributed by atoms with Gasteiger partial charge in [0.2, 0.25) is 5.91 Å². The van der Waals surface area contributed by atoms with Gasteiger partial charge in [-0.05, 0) is 60.0 Å². The van der Waals surface area contributed by atoms with Crippen molar-refractivity contribution in [3.05, 3.63) is 59.7 Å². The molecule has 4 rings (SSSR count). The summed E-state index contributed by atoms with van der Waals surface area (Å²) >= 11 is 0. The average molecular weight is 399 g/mol. The van der Waals surface area contributed by atoms with Gasteiger partial charge in [0, 0.05) is 23.0 Å². The summed E-state index contributed by atoms with van der Waals surface area (Å²) < 4.78 is 27.2. The number of likely N-dealkylation sites (N-methyl/N-ethyl adjacent to an activating group) is 1. The van der Waals surface area contributed by atoms with E-state index in [-0.39, 0.29) is 24.0 Å². The molecule has 1 aliphatic heterocycles. The monoisotopic (exact) mass is 399 g/mol. The molecule has 3 N–H and O–H groups in total. The van der Waals surface area contributed by atoms with E-state index >= 15 is 0 Å². The van der Waals surface area contributed by atoms with Crippen LogP contribution < -0.4 is 10.3 Å². The highest BCUT2D eigenvalue weighted by molar-refractivity contribution is 5.91. The van der Waals surface area contributed by atoms with Gasteiger partial charge < -0.3 is 9.88 Å². The normalized spacial score (nSPS) is 15.7. The molecule has 1 aromatic heterocycles. The van der Waals surface area contributed by atoms with Gasteiger partial charge in [0.05, 0.1) is 33.2 Å². The van der Waals surface area contributed by atoms with Crippen LogP contribution in [0.5, 0.6) is 0 Å². The molecule has 0 aliphatic carbocycles. The predicted octanol–water partition coefficient (Wildman–Crippen LogP) is 1.91. The Hall–Kier alpha value is -2.77. The maximum absolute atomic E-state index is 13.9. The Balaban J connectivity index is 1.55. The Kier molecular flexibility index (Phi) is 5.60. The van der Waals surface area contributed by atoms with E-state index in [0.717, 1.165) is 53.9 Å². The molecule has 0 radical (unpaired) electrons. The first-order chi connectivity index (χ1) is 14.0. The van der Waals surface area contributed by atoms with Crippen molar-refractivity contribution >= 4 is 16.8 Å². The summed E-state index contributed by atoms with van der Waals surface area (Å²) in [6.07, 6.45) is 0.748. The number of benzene rings is 2. The lowest BCUT2D eigenvalue weighted by Gasteiger charge is -2.30. The second kappa shape index (κ2) is 8.31. The fourth-order valence-electron chi connectivity index (χ4n) is 3.81. The minimum absolute atomic E-state index is 0.0552. The van der Waals surface area contributed by atoms with Crippen molar-refractivity contribution in [1.29, 1.82) is 0 Å². The molecule has 0 saturated carbocycles. The lowest BCUT2D eigenvalue weighted by atomic mass is 10.0. The molecular formula is C22H25F2N4O+. The molecule has 7 heteroatoms. The molecule has 2 heterocycles. The molecule has 5 nitrogen and oxygen atoms in total. The van der Waals surface area contributed by atoms with Crippen LogP contribution in [-0.4, -0.2) is 49.1 Å². The standard InChI is InChI=1S/C22H24F2N4O/c1-27-10-12-28(13-11-27)26-21(29)9-7-18-19-14-17(24)6-8-20(19)25-22(18)15-2-4-16(23)5-3-15/h2-6,8,14,25H,7,9-13H2,1H3,(H,26,29)/p+1. The van der Waals surface area contributed by atoms with Gasteiger partial charge in [-0.3, -0.25) is 10.2 Å². The van der Waals surface area contributed by atoms with E-state index in [1.807, 2.05) is 5.01 Å². The van der Waals surface area contributed by atoms with Gasteiger partial charge in [-0.25, -0.2) is 13.8 Å². The molecule has 1 fully saturated rings. The number of nitrogens with one attached hydrogen (secondary N) is 3. The van der Waals surface area contributed by atoms with E-state index in [1.54, 1.807) is 18.2 Å². The van der Waals surface area contributed by atoms with Crippen molar-refractivity contribution in [2.45, 2.75) is 12.8 Å². The number of carbonyl (C=O) groups is 1. The van der Waals surface area contributed by atoms with E-state index in [9.17, 15) is 13.6 Å². The molecular weight excluding hydrogens is 374 g/mol. The van der Waals surface area contributed by atoms with E-state index in [0.29, 0.717) is 6.42 Å². The van der Waals surface area contributed by atoms with Crippen LogP contribution in [-0.2, 0) is 11.2 Å². The molecule has 152 valence electrons. The zero-order chi connectivity index (χ0) is 20.4. The maximum Gasteiger partial charge on any atom is 0.234 e. The maximum atomic E-state index is 13.9. The highest BCUT2D eigenvalue weighted by Crippen LogP contribution is 2.32. The number of hydrazine groups is 1. The second-order valence-electron chi connectivity index (χ2n) is 7.65. The number of piperazine rings is 1. The van der Waals surface area contributed by atoms with Gasteiger partial charge in [0.25, 0.3) is 0 Å². The van der Waals surface area contributed by atoms with Crippen molar-refractivity contribution in [3.63, 3.8) is 0 Å². The summed E-state index contributed by atoms with van der Waals surface area (Å²) in [6, 6.07) is 10.7. The van der Waals surface area contributed by atoms with Gasteiger partial charge in [0.15, 0.2) is 0 Å². The lowest BCUT2D eigenvalue weighted by Crippen LogP contribution is -3.12. The largest absolute Gasteiger partial charge is 0.354 e. The van der Waals surface area contributed by atoms with E-state index < -0.39 is 0 Å². The number of nitrogens with zero attached hydrogens (tertiary/aromatic N) is 1. The van der Waals surface area contributed by atoms with Gasteiger partial charge >= 0.3 is 0 Å². The van der Waals surface area contributed by atoms with Crippen LogP contribution in [0.25, 0.3) is 22.2 Å². The number of hydrogen-bond donors (Lipinski definition) is 3. The number of halogens is 2. The van der Waals surface area contributed by atoms with Crippen molar-refractivity contribution in [3.8, 4) is 11.3 Å². The Bertz CT molecular complexity index is 1010. The van der Waals surface area contributed by atoms with Crippen LogP contribution in [0.2, 0.25) is 0 Å². The third-order valence-corrected chi connectivity index (χ3v) is 5.50. The Morgan fingerprint density at radius 2 is 1.79 bits per heavy atom. The Morgan fingerprint density at radius 1 is 1.10 bits per heavy atom. The van der Waals surface area contributed by atoms with Crippen molar-refractivity contribution in [2.75, 3.05) is 33.2 Å². The lowest BCUT2D eigenvalue weighted by molar-refractivity contribution is -0.884. The number of aryl methyl sites for hydroxylation is 1. The summed E-state index contributed by atoms with van der Waals surface area (Å²) in [4.78, 5) is 17.3. The Labute approximate surface area is 168 Å². The molecule has 1 aliphatic rings. The number of carbonyl (C=O) groups excluding carboxylic acids is 1. The molecule has 0 spiro atoms. The first kappa shape index (κ1) is 19.5.